The molecule has 5 nitrogen and oxygen atoms in total. The van der Waals surface area contributed by atoms with Crippen LogP contribution in [0.2, 0.25) is 20.1 Å². The molecule has 0 saturated heterocycles. The van der Waals surface area contributed by atoms with E-state index in [2.05, 4.69) is 5.32 Å². The molecule has 0 radical (unpaired) electrons. The zero-order chi connectivity index (χ0) is 23.1. The lowest BCUT2D eigenvalue weighted by Crippen LogP contribution is -2.23. The fourth-order valence-corrected chi connectivity index (χ4v) is 4.03. The van der Waals surface area contributed by atoms with E-state index < -0.39 is 25.1 Å². The highest BCUT2D eigenvalue weighted by Gasteiger charge is 2.13. The Hall–Kier alpha value is -2.09. The van der Waals surface area contributed by atoms with Crippen LogP contribution in [0, 0.1) is 0 Å². The molecule has 1 amide bonds. The maximum Gasteiger partial charge on any atom is 0.344 e. The predicted molar refractivity (Wildman–Crippen MR) is 129 cm³/mol. The van der Waals surface area contributed by atoms with Crippen molar-refractivity contribution in [3.63, 3.8) is 0 Å². The number of anilines is 1. The largest absolute Gasteiger partial charge is 0.480 e. The lowest BCUT2D eigenvalue weighted by Gasteiger charge is -2.12. The van der Waals surface area contributed by atoms with Gasteiger partial charge in [0.05, 0.1) is 20.8 Å². The van der Waals surface area contributed by atoms with Gasteiger partial charge in [0.2, 0.25) is 0 Å². The molecular weight excluding hydrogens is 516 g/mol. The number of hydrogen-bond donors (Lipinski definition) is 1. The van der Waals surface area contributed by atoms with Crippen LogP contribution in [-0.4, -0.2) is 25.1 Å². The molecule has 0 atom stereocenters. The molecule has 32 heavy (non-hydrogen) atoms. The lowest BCUT2D eigenvalue weighted by atomic mass is 10.3. The third-order valence-corrected chi connectivity index (χ3v) is 6.24. The Kier molecular flexibility index (Phi) is 8.96. The molecule has 0 unspecified atom stereocenters. The van der Waals surface area contributed by atoms with Gasteiger partial charge in [-0.25, -0.2) is 4.79 Å². The first-order chi connectivity index (χ1) is 15.3. The standard InChI is InChI=1S/C22H15Cl4NO4S/c23-13-5-7-14(8-6-13)32-20-4-2-1-3-18(20)27-21(28)11-31-22(29)12-30-19-10-16(25)15(24)9-17(19)26/h1-10H,11-12H2,(H,27,28). The summed E-state index contributed by atoms with van der Waals surface area (Å²) in [4.78, 5) is 26.0. The Morgan fingerprint density at radius 1 is 0.844 bits per heavy atom. The molecule has 0 fully saturated rings. The van der Waals surface area contributed by atoms with Gasteiger partial charge >= 0.3 is 5.97 Å². The van der Waals surface area contributed by atoms with Gasteiger partial charge in [-0.2, -0.15) is 0 Å². The minimum atomic E-state index is -0.744. The molecule has 166 valence electrons. The van der Waals surface area contributed by atoms with E-state index in [1.54, 1.807) is 24.3 Å². The van der Waals surface area contributed by atoms with Crippen LogP contribution in [0.1, 0.15) is 0 Å². The summed E-state index contributed by atoms with van der Waals surface area (Å²) in [6.45, 7) is -0.925. The van der Waals surface area contributed by atoms with Crippen molar-refractivity contribution in [1.29, 1.82) is 0 Å². The molecule has 3 rings (SSSR count). The third kappa shape index (κ3) is 7.22. The summed E-state index contributed by atoms with van der Waals surface area (Å²) in [7, 11) is 0. The Morgan fingerprint density at radius 3 is 2.28 bits per heavy atom. The number of para-hydroxylation sites is 1. The summed E-state index contributed by atoms with van der Waals surface area (Å²) in [5.41, 5.74) is 0.590. The highest BCUT2D eigenvalue weighted by molar-refractivity contribution is 7.99. The molecule has 0 heterocycles. The summed E-state index contributed by atoms with van der Waals surface area (Å²) in [5.74, 6) is -1.06. The minimum absolute atomic E-state index is 0.176. The molecule has 0 aliphatic rings. The second-order valence-electron chi connectivity index (χ2n) is 6.25. The van der Waals surface area contributed by atoms with E-state index in [9.17, 15) is 9.59 Å². The fraction of sp³-hybridized carbons (Fsp3) is 0.0909. The van der Waals surface area contributed by atoms with Gasteiger partial charge in [-0.05, 0) is 42.5 Å². The Bertz CT molecular complexity index is 1130. The molecule has 3 aromatic rings. The normalized spacial score (nSPS) is 10.5. The number of benzene rings is 3. The van der Waals surface area contributed by atoms with Crippen molar-refractivity contribution in [2.75, 3.05) is 18.5 Å². The number of rotatable bonds is 8. The molecule has 0 saturated carbocycles. The van der Waals surface area contributed by atoms with E-state index in [0.717, 1.165) is 9.79 Å². The van der Waals surface area contributed by atoms with Crippen LogP contribution in [0.25, 0.3) is 0 Å². The summed E-state index contributed by atoms with van der Waals surface area (Å²) in [6.07, 6.45) is 0. The molecule has 10 heteroatoms. The Labute approximate surface area is 208 Å². The van der Waals surface area contributed by atoms with Gasteiger partial charge in [-0.15, -0.1) is 0 Å². The van der Waals surface area contributed by atoms with E-state index in [0.29, 0.717) is 10.7 Å². The van der Waals surface area contributed by atoms with Crippen LogP contribution in [0.4, 0.5) is 5.69 Å². The molecule has 1 N–H and O–H groups in total. The monoisotopic (exact) mass is 529 g/mol. The van der Waals surface area contributed by atoms with Crippen molar-refractivity contribution < 1.29 is 19.1 Å². The van der Waals surface area contributed by atoms with Gasteiger partial charge in [0.25, 0.3) is 5.91 Å². The Morgan fingerprint density at radius 2 is 1.53 bits per heavy atom. The smallest absolute Gasteiger partial charge is 0.344 e. The molecule has 3 aromatic carbocycles. The molecule has 0 bridgehead atoms. The quantitative estimate of drug-likeness (QED) is 0.250. The number of amides is 1. The maximum atomic E-state index is 12.3. The number of nitrogens with one attached hydrogen (secondary N) is 1. The molecule has 0 aliphatic carbocycles. The fourth-order valence-electron chi connectivity index (χ4n) is 2.41. The number of ether oxygens (including phenoxy) is 2. The highest BCUT2D eigenvalue weighted by Crippen LogP contribution is 2.34. The average Bonchev–Trinajstić information content (AvgIpc) is 2.77. The topological polar surface area (TPSA) is 64.6 Å². The summed E-state index contributed by atoms with van der Waals surface area (Å²) in [6, 6.07) is 17.4. The molecular formula is C22H15Cl4NO4S. The van der Waals surface area contributed by atoms with Crippen LogP contribution >= 0.6 is 58.2 Å². The first kappa shape index (κ1) is 24.6. The number of halogens is 4. The van der Waals surface area contributed by atoms with Crippen LogP contribution in [0.15, 0.2) is 70.5 Å². The van der Waals surface area contributed by atoms with E-state index in [1.807, 2.05) is 24.3 Å². The second-order valence-corrected chi connectivity index (χ2v) is 9.02. The van der Waals surface area contributed by atoms with Crippen molar-refractivity contribution >= 4 is 75.7 Å². The molecule has 0 spiro atoms. The van der Waals surface area contributed by atoms with E-state index in [-0.39, 0.29) is 20.8 Å². The summed E-state index contributed by atoms with van der Waals surface area (Å²) in [5, 5.41) is 4.07. The van der Waals surface area contributed by atoms with Crippen molar-refractivity contribution in [2.24, 2.45) is 0 Å². The lowest BCUT2D eigenvalue weighted by molar-refractivity contribution is -0.149. The van der Waals surface area contributed by atoms with Gasteiger partial charge in [0.1, 0.15) is 5.75 Å². The molecule has 0 aliphatic heterocycles. The van der Waals surface area contributed by atoms with Gasteiger partial charge in [0.15, 0.2) is 13.2 Å². The van der Waals surface area contributed by atoms with Gasteiger partial charge < -0.3 is 14.8 Å². The second kappa shape index (κ2) is 11.7. The minimum Gasteiger partial charge on any atom is -0.480 e. The summed E-state index contributed by atoms with van der Waals surface area (Å²) < 4.78 is 10.2. The third-order valence-electron chi connectivity index (χ3n) is 3.89. The first-order valence-electron chi connectivity index (χ1n) is 9.07. The van der Waals surface area contributed by atoms with E-state index in [4.69, 9.17) is 55.9 Å². The zero-order valence-corrected chi connectivity index (χ0v) is 20.1. The van der Waals surface area contributed by atoms with Gasteiger partial charge in [-0.3, -0.25) is 4.79 Å². The highest BCUT2D eigenvalue weighted by atomic mass is 35.5. The van der Waals surface area contributed by atoms with Gasteiger partial charge in [-0.1, -0.05) is 70.3 Å². The number of hydrogen-bond acceptors (Lipinski definition) is 5. The number of carbonyl (C=O) groups excluding carboxylic acids is 2. The maximum absolute atomic E-state index is 12.3. The average molecular weight is 531 g/mol. The zero-order valence-electron chi connectivity index (χ0n) is 16.2. The number of esters is 1. The van der Waals surface area contributed by atoms with Crippen molar-refractivity contribution in [2.45, 2.75) is 9.79 Å². The van der Waals surface area contributed by atoms with E-state index in [1.165, 1.54) is 23.9 Å². The predicted octanol–water partition coefficient (Wildman–Crippen LogP) is 7.01. The SMILES string of the molecule is O=C(COC(=O)COc1cc(Cl)c(Cl)cc1Cl)Nc1ccccc1Sc1ccc(Cl)cc1. The van der Waals surface area contributed by atoms with Crippen LogP contribution in [0.3, 0.4) is 0 Å². The van der Waals surface area contributed by atoms with Crippen molar-refractivity contribution in [1.82, 2.24) is 0 Å². The Balaban J connectivity index is 1.51. The van der Waals surface area contributed by atoms with Crippen molar-refractivity contribution in [3.8, 4) is 5.75 Å². The van der Waals surface area contributed by atoms with E-state index >= 15 is 0 Å². The first-order valence-corrected chi connectivity index (χ1v) is 11.4. The van der Waals surface area contributed by atoms with Crippen LogP contribution < -0.4 is 10.1 Å². The van der Waals surface area contributed by atoms with Crippen LogP contribution in [-0.2, 0) is 14.3 Å². The number of carbonyl (C=O) groups is 2. The van der Waals surface area contributed by atoms with Gasteiger partial charge in [0, 0.05) is 20.9 Å². The molecule has 0 aromatic heterocycles. The van der Waals surface area contributed by atoms with Crippen molar-refractivity contribution in [3.05, 3.63) is 80.8 Å². The summed E-state index contributed by atoms with van der Waals surface area (Å²) >= 11 is 25.1. The van der Waals surface area contributed by atoms with Crippen LogP contribution in [0.5, 0.6) is 5.75 Å².